The number of methoxy groups -OCH3 is 1. The number of ether oxygens (including phenoxy) is 2. The first-order valence-electron chi connectivity index (χ1n) is 9.16. The molecule has 1 saturated carbocycles. The summed E-state index contributed by atoms with van der Waals surface area (Å²) in [6.07, 6.45) is -0.941. The number of esters is 1. The molecule has 0 bridgehead atoms. The maximum absolute atomic E-state index is 13.6. The fourth-order valence-corrected chi connectivity index (χ4v) is 4.71. The number of nitrogens with zero attached hydrogens (tertiary/aromatic N) is 1. The lowest BCUT2D eigenvalue weighted by Crippen LogP contribution is -2.44. The highest BCUT2D eigenvalue weighted by Gasteiger charge is 2.91. The smallest absolute Gasteiger partial charge is 0.421 e. The van der Waals surface area contributed by atoms with Crippen molar-refractivity contribution in [1.82, 2.24) is 0 Å². The van der Waals surface area contributed by atoms with Gasteiger partial charge in [0.05, 0.1) is 18.7 Å². The molecular weight excluding hydrogens is 378 g/mol. The van der Waals surface area contributed by atoms with Crippen molar-refractivity contribution < 1.29 is 33.4 Å². The zero-order valence-corrected chi connectivity index (χ0v) is 17.2. The lowest BCUT2D eigenvalue weighted by molar-refractivity contribution is -0.147. The molecule has 1 spiro atoms. The van der Waals surface area contributed by atoms with Crippen LogP contribution >= 0.6 is 0 Å². The van der Waals surface area contributed by atoms with Gasteiger partial charge in [0, 0.05) is 0 Å². The summed E-state index contributed by atoms with van der Waals surface area (Å²) in [5, 5.41) is 0. The molecule has 1 heterocycles. The van der Waals surface area contributed by atoms with E-state index in [1.54, 1.807) is 39.0 Å². The molecule has 1 fully saturated rings. The Morgan fingerprint density at radius 2 is 1.59 bits per heavy atom. The molecule has 0 aromatic heterocycles. The van der Waals surface area contributed by atoms with E-state index in [4.69, 9.17) is 9.47 Å². The Kier molecular flexibility index (Phi) is 4.45. The topological polar surface area (TPSA) is 107 Å². The first-order chi connectivity index (χ1) is 13.4. The molecule has 2 amide bonds. The van der Waals surface area contributed by atoms with Crippen LogP contribution in [-0.2, 0) is 34.1 Å². The highest BCUT2D eigenvalue weighted by molar-refractivity contribution is 6.32. The number of anilines is 1. The fourth-order valence-electron chi connectivity index (χ4n) is 4.71. The van der Waals surface area contributed by atoms with Crippen molar-refractivity contribution in [2.75, 3.05) is 12.0 Å². The SMILES string of the molecule is COC(=O)[C@@H]1C(C(C)=O)(C(C)=O)[C@]12C(=O)N(C(=O)OC(C)(C)C)c1ccccc12. The summed E-state index contributed by atoms with van der Waals surface area (Å²) in [7, 11) is 1.12. The molecule has 0 unspecified atom stereocenters. The minimum atomic E-state index is -1.93. The summed E-state index contributed by atoms with van der Waals surface area (Å²) in [6.45, 7) is 7.28. The van der Waals surface area contributed by atoms with Crippen LogP contribution in [0, 0.1) is 11.3 Å². The van der Waals surface area contributed by atoms with Crippen molar-refractivity contribution in [2.24, 2.45) is 11.3 Å². The van der Waals surface area contributed by atoms with Gasteiger partial charge in [-0.3, -0.25) is 19.2 Å². The highest BCUT2D eigenvalue weighted by atomic mass is 16.6. The van der Waals surface area contributed by atoms with Crippen LogP contribution in [0.25, 0.3) is 0 Å². The zero-order chi connectivity index (χ0) is 21.9. The molecule has 8 nitrogen and oxygen atoms in total. The molecule has 1 aromatic carbocycles. The van der Waals surface area contributed by atoms with E-state index < -0.39 is 51.9 Å². The zero-order valence-electron chi connectivity index (χ0n) is 17.2. The molecule has 8 heteroatoms. The molecule has 2 atom stereocenters. The maximum Gasteiger partial charge on any atom is 0.421 e. The van der Waals surface area contributed by atoms with E-state index >= 15 is 0 Å². The number of carbonyl (C=O) groups excluding carboxylic acids is 5. The number of rotatable bonds is 3. The Balaban J connectivity index is 2.28. The maximum atomic E-state index is 13.6. The van der Waals surface area contributed by atoms with Crippen molar-refractivity contribution in [3.63, 3.8) is 0 Å². The number of amides is 2. The Morgan fingerprint density at radius 3 is 2.07 bits per heavy atom. The molecule has 1 aromatic rings. The van der Waals surface area contributed by atoms with Gasteiger partial charge in [0.25, 0.3) is 0 Å². The van der Waals surface area contributed by atoms with Crippen molar-refractivity contribution in [2.45, 2.75) is 45.6 Å². The van der Waals surface area contributed by atoms with Gasteiger partial charge in [-0.25, -0.2) is 9.69 Å². The van der Waals surface area contributed by atoms with Crippen molar-refractivity contribution >= 4 is 35.2 Å². The van der Waals surface area contributed by atoms with Gasteiger partial charge in [-0.05, 0) is 46.2 Å². The Hall–Kier alpha value is -3.03. The number of imide groups is 1. The lowest BCUT2D eigenvalue weighted by Gasteiger charge is -2.24. The molecule has 29 heavy (non-hydrogen) atoms. The predicted octanol–water partition coefficient (Wildman–Crippen LogP) is 2.17. The summed E-state index contributed by atoms with van der Waals surface area (Å²) in [5.74, 6) is -4.31. The number of hydrogen-bond donors (Lipinski definition) is 0. The number of carbonyl (C=O) groups is 5. The standard InChI is InChI=1S/C21H23NO7/c1-11(23)20(12(2)24)15(16(25)28-6)21(20)13-9-7-8-10-14(13)22(17(21)26)18(27)29-19(3,4)5/h7-10,15H,1-6H3/t15-,21+/m1/s1. The molecule has 2 aliphatic rings. The third-order valence-corrected chi connectivity index (χ3v) is 5.64. The molecular formula is C21H23NO7. The predicted molar refractivity (Wildman–Crippen MR) is 101 cm³/mol. The van der Waals surface area contributed by atoms with Crippen LogP contribution in [-0.4, -0.2) is 42.2 Å². The van der Waals surface area contributed by atoms with E-state index in [0.29, 0.717) is 0 Å². The Bertz CT molecular complexity index is 944. The Labute approximate surface area is 168 Å². The van der Waals surface area contributed by atoms with Crippen LogP contribution in [0.5, 0.6) is 0 Å². The van der Waals surface area contributed by atoms with Crippen molar-refractivity contribution in [3.05, 3.63) is 29.8 Å². The molecule has 154 valence electrons. The first-order valence-corrected chi connectivity index (χ1v) is 9.16. The second-order valence-corrected chi connectivity index (χ2v) is 8.32. The molecule has 0 radical (unpaired) electrons. The van der Waals surface area contributed by atoms with Crippen LogP contribution in [0.2, 0.25) is 0 Å². The van der Waals surface area contributed by atoms with Crippen LogP contribution < -0.4 is 4.90 Å². The van der Waals surface area contributed by atoms with E-state index in [9.17, 15) is 24.0 Å². The quantitative estimate of drug-likeness (QED) is 0.564. The average Bonchev–Trinajstić information content (AvgIpc) is 3.19. The van der Waals surface area contributed by atoms with Gasteiger partial charge in [-0.2, -0.15) is 0 Å². The second kappa shape index (κ2) is 6.23. The van der Waals surface area contributed by atoms with Gasteiger partial charge < -0.3 is 9.47 Å². The molecule has 1 aliphatic carbocycles. The minimum absolute atomic E-state index is 0.185. The van der Waals surface area contributed by atoms with Gasteiger partial charge in [0.15, 0.2) is 0 Å². The number of benzene rings is 1. The van der Waals surface area contributed by atoms with E-state index in [-0.39, 0.29) is 11.3 Å². The van der Waals surface area contributed by atoms with Crippen LogP contribution in [0.15, 0.2) is 24.3 Å². The van der Waals surface area contributed by atoms with Gasteiger partial charge in [0.1, 0.15) is 28.0 Å². The monoisotopic (exact) mass is 401 g/mol. The van der Waals surface area contributed by atoms with Crippen molar-refractivity contribution in [3.8, 4) is 0 Å². The van der Waals surface area contributed by atoms with E-state index in [1.807, 2.05) is 0 Å². The fraction of sp³-hybridized carbons (Fsp3) is 0.476. The molecule has 1 aliphatic heterocycles. The van der Waals surface area contributed by atoms with E-state index in [1.165, 1.54) is 6.07 Å². The summed E-state index contributed by atoms with van der Waals surface area (Å²) in [6, 6.07) is 6.29. The third-order valence-electron chi connectivity index (χ3n) is 5.64. The molecule has 3 rings (SSSR count). The number of ketones is 2. The van der Waals surface area contributed by atoms with Gasteiger partial charge in [0.2, 0.25) is 5.91 Å². The summed E-state index contributed by atoms with van der Waals surface area (Å²) in [4.78, 5) is 65.3. The number of Topliss-reactive ketones (excluding diaryl/α,β-unsaturated/α-hetero) is 2. The normalized spacial score (nSPS) is 24.1. The van der Waals surface area contributed by atoms with Gasteiger partial charge in [-0.15, -0.1) is 0 Å². The average molecular weight is 401 g/mol. The van der Waals surface area contributed by atoms with E-state index in [0.717, 1.165) is 25.9 Å². The molecule has 0 saturated heterocycles. The lowest BCUT2D eigenvalue weighted by atomic mass is 9.82. The summed E-state index contributed by atoms with van der Waals surface area (Å²) < 4.78 is 10.2. The van der Waals surface area contributed by atoms with Gasteiger partial charge >= 0.3 is 12.1 Å². The molecule has 0 N–H and O–H groups in total. The second-order valence-electron chi connectivity index (χ2n) is 8.32. The van der Waals surface area contributed by atoms with Crippen LogP contribution in [0.4, 0.5) is 10.5 Å². The van der Waals surface area contributed by atoms with Crippen LogP contribution in [0.3, 0.4) is 0 Å². The number of para-hydroxylation sites is 1. The van der Waals surface area contributed by atoms with Gasteiger partial charge in [-0.1, -0.05) is 18.2 Å². The first kappa shape index (κ1) is 20.7. The largest absolute Gasteiger partial charge is 0.469 e. The number of hydrogen-bond acceptors (Lipinski definition) is 7. The third kappa shape index (κ3) is 2.41. The number of fused-ring (bicyclic) bond motifs is 2. The summed E-state index contributed by atoms with van der Waals surface area (Å²) >= 11 is 0. The highest BCUT2D eigenvalue weighted by Crippen LogP contribution is 2.75. The van der Waals surface area contributed by atoms with E-state index in [2.05, 4.69) is 0 Å². The van der Waals surface area contributed by atoms with Crippen molar-refractivity contribution in [1.29, 1.82) is 0 Å². The minimum Gasteiger partial charge on any atom is -0.469 e. The Morgan fingerprint density at radius 1 is 1.03 bits per heavy atom. The van der Waals surface area contributed by atoms with Crippen LogP contribution in [0.1, 0.15) is 40.2 Å². The summed E-state index contributed by atoms with van der Waals surface area (Å²) in [5.41, 5.74) is -4.19.